The van der Waals surface area contributed by atoms with Crippen LogP contribution in [0.2, 0.25) is 0 Å². The molecular weight excluding hydrogens is 264 g/mol. The van der Waals surface area contributed by atoms with Gasteiger partial charge in [0.15, 0.2) is 11.6 Å². The lowest BCUT2D eigenvalue weighted by Gasteiger charge is -2.05. The highest BCUT2D eigenvalue weighted by atomic mass is 19.1. The Balaban J connectivity index is 2.28. The van der Waals surface area contributed by atoms with E-state index in [0.717, 1.165) is 18.5 Å². The molecule has 0 unspecified atom stereocenters. The van der Waals surface area contributed by atoms with E-state index in [9.17, 15) is 13.6 Å². The third-order valence-corrected chi connectivity index (χ3v) is 3.03. The first kappa shape index (κ1) is 12.4. The van der Waals surface area contributed by atoms with Gasteiger partial charge in [-0.2, -0.15) is 0 Å². The largest absolute Gasteiger partial charge is 0.318 e. The fraction of sp³-hybridized carbons (Fsp3) is 0.0714. The van der Waals surface area contributed by atoms with Gasteiger partial charge in [-0.05, 0) is 23.6 Å². The van der Waals surface area contributed by atoms with Crippen molar-refractivity contribution in [1.29, 1.82) is 0 Å². The number of fused-ring (bicyclic) bond motifs is 1. The average molecular weight is 273 g/mol. The van der Waals surface area contributed by atoms with Crippen LogP contribution in [-0.4, -0.2) is 14.5 Å². The van der Waals surface area contributed by atoms with Crippen LogP contribution in [0.5, 0.6) is 0 Å². The van der Waals surface area contributed by atoms with Crippen LogP contribution in [0.15, 0.2) is 41.6 Å². The summed E-state index contributed by atoms with van der Waals surface area (Å²) in [6, 6.07) is 4.34. The van der Waals surface area contributed by atoms with Crippen LogP contribution < -0.4 is 5.56 Å². The van der Waals surface area contributed by atoms with E-state index < -0.39 is 11.6 Å². The van der Waals surface area contributed by atoms with Crippen LogP contribution in [0.25, 0.3) is 22.2 Å². The minimum absolute atomic E-state index is 0.0754. The van der Waals surface area contributed by atoms with Gasteiger partial charge in [0.2, 0.25) is 0 Å². The summed E-state index contributed by atoms with van der Waals surface area (Å²) in [6.45, 7) is 0. The highest BCUT2D eigenvalue weighted by Gasteiger charge is 2.12. The summed E-state index contributed by atoms with van der Waals surface area (Å²) in [5.74, 6) is -1.14. The summed E-state index contributed by atoms with van der Waals surface area (Å²) < 4.78 is 28.3. The summed E-state index contributed by atoms with van der Waals surface area (Å²) in [5.41, 5.74) is -0.154. The third-order valence-electron chi connectivity index (χ3n) is 3.03. The quantitative estimate of drug-likeness (QED) is 0.683. The molecule has 0 saturated heterocycles. The summed E-state index contributed by atoms with van der Waals surface area (Å²) in [6.07, 6.45) is 3.53. The van der Waals surface area contributed by atoms with E-state index in [1.165, 1.54) is 10.6 Å². The van der Waals surface area contributed by atoms with Crippen LogP contribution in [0.3, 0.4) is 0 Å². The molecule has 2 aromatic heterocycles. The normalized spacial score (nSPS) is 10.9. The van der Waals surface area contributed by atoms with Gasteiger partial charge in [0.05, 0.1) is 23.3 Å². The highest BCUT2D eigenvalue weighted by Crippen LogP contribution is 2.23. The number of aryl methyl sites for hydroxylation is 1. The Morgan fingerprint density at radius 3 is 2.55 bits per heavy atom. The standard InChI is InChI=1S/C14H9F2N3O/c1-19-3-2-8-4-11(12(16)5-10(8)14(19)20)13-17-6-9(15)7-18-13/h2-7H,1H3. The molecule has 0 saturated carbocycles. The second-order valence-corrected chi connectivity index (χ2v) is 4.38. The molecule has 0 aliphatic heterocycles. The number of hydrogen-bond acceptors (Lipinski definition) is 3. The smallest absolute Gasteiger partial charge is 0.258 e. The van der Waals surface area contributed by atoms with E-state index in [0.29, 0.717) is 5.39 Å². The number of nitrogens with zero attached hydrogens (tertiary/aromatic N) is 3. The lowest BCUT2D eigenvalue weighted by atomic mass is 10.1. The zero-order valence-electron chi connectivity index (χ0n) is 10.5. The van der Waals surface area contributed by atoms with Crippen molar-refractivity contribution in [2.24, 2.45) is 7.05 Å². The molecule has 0 amide bonds. The molecule has 6 heteroatoms. The fourth-order valence-corrected chi connectivity index (χ4v) is 1.99. The Hall–Kier alpha value is -2.63. The molecule has 0 radical (unpaired) electrons. The van der Waals surface area contributed by atoms with Gasteiger partial charge in [0.25, 0.3) is 5.56 Å². The minimum Gasteiger partial charge on any atom is -0.318 e. The maximum atomic E-state index is 14.1. The molecule has 100 valence electrons. The first-order valence-electron chi connectivity index (χ1n) is 5.83. The molecule has 20 heavy (non-hydrogen) atoms. The Bertz CT molecular complexity index is 857. The van der Waals surface area contributed by atoms with Crippen LogP contribution >= 0.6 is 0 Å². The molecule has 3 aromatic rings. The second kappa shape index (κ2) is 4.48. The molecule has 1 aromatic carbocycles. The number of hydrogen-bond donors (Lipinski definition) is 0. The molecule has 0 bridgehead atoms. The van der Waals surface area contributed by atoms with Crippen molar-refractivity contribution < 1.29 is 8.78 Å². The van der Waals surface area contributed by atoms with E-state index in [1.807, 2.05) is 0 Å². The van der Waals surface area contributed by atoms with Gasteiger partial charge in [-0.1, -0.05) is 0 Å². The topological polar surface area (TPSA) is 47.8 Å². The summed E-state index contributed by atoms with van der Waals surface area (Å²) in [7, 11) is 1.59. The molecule has 3 rings (SSSR count). The first-order chi connectivity index (χ1) is 9.56. The van der Waals surface area contributed by atoms with E-state index in [2.05, 4.69) is 9.97 Å². The van der Waals surface area contributed by atoms with Crippen molar-refractivity contribution in [2.45, 2.75) is 0 Å². The van der Waals surface area contributed by atoms with Crippen molar-refractivity contribution in [3.8, 4) is 11.4 Å². The van der Waals surface area contributed by atoms with Crippen molar-refractivity contribution in [3.63, 3.8) is 0 Å². The number of rotatable bonds is 1. The van der Waals surface area contributed by atoms with Crippen LogP contribution in [0.4, 0.5) is 8.78 Å². The maximum Gasteiger partial charge on any atom is 0.258 e. The predicted octanol–water partition coefficient (Wildman–Crippen LogP) is 2.27. The number of benzene rings is 1. The molecule has 2 heterocycles. The van der Waals surface area contributed by atoms with Gasteiger partial charge in [-0.15, -0.1) is 0 Å². The second-order valence-electron chi connectivity index (χ2n) is 4.38. The predicted molar refractivity (Wildman–Crippen MR) is 70.1 cm³/mol. The third kappa shape index (κ3) is 1.95. The summed E-state index contributed by atoms with van der Waals surface area (Å²) in [5, 5.41) is 0.857. The van der Waals surface area contributed by atoms with Crippen molar-refractivity contribution in [1.82, 2.24) is 14.5 Å². The highest BCUT2D eigenvalue weighted by molar-refractivity contribution is 5.85. The minimum atomic E-state index is -0.618. The maximum absolute atomic E-state index is 14.1. The van der Waals surface area contributed by atoms with E-state index in [4.69, 9.17) is 0 Å². The van der Waals surface area contributed by atoms with Gasteiger partial charge in [0.1, 0.15) is 5.82 Å². The van der Waals surface area contributed by atoms with E-state index in [1.54, 1.807) is 19.3 Å². The Morgan fingerprint density at radius 1 is 1.15 bits per heavy atom. The molecule has 0 atom stereocenters. The van der Waals surface area contributed by atoms with E-state index in [-0.39, 0.29) is 22.3 Å². The number of pyridine rings is 1. The molecule has 0 aliphatic carbocycles. The van der Waals surface area contributed by atoms with Gasteiger partial charge in [0, 0.05) is 13.2 Å². The zero-order valence-corrected chi connectivity index (χ0v) is 10.5. The van der Waals surface area contributed by atoms with Crippen LogP contribution in [0, 0.1) is 11.6 Å². The molecule has 0 N–H and O–H groups in total. The molecule has 4 nitrogen and oxygen atoms in total. The SMILES string of the molecule is Cn1ccc2cc(-c3ncc(F)cn3)c(F)cc2c1=O. The molecular formula is C14H9F2N3O. The number of aromatic nitrogens is 3. The lowest BCUT2D eigenvalue weighted by Crippen LogP contribution is -2.15. The Labute approximate surface area is 112 Å². The van der Waals surface area contributed by atoms with Gasteiger partial charge < -0.3 is 4.57 Å². The van der Waals surface area contributed by atoms with Gasteiger partial charge in [-0.3, -0.25) is 4.79 Å². The summed E-state index contributed by atoms with van der Waals surface area (Å²) >= 11 is 0. The Kier molecular flexibility index (Phi) is 2.78. The van der Waals surface area contributed by atoms with E-state index >= 15 is 0 Å². The lowest BCUT2D eigenvalue weighted by molar-refractivity contribution is 0.611. The molecule has 0 aliphatic rings. The van der Waals surface area contributed by atoms with Gasteiger partial charge in [-0.25, -0.2) is 18.7 Å². The van der Waals surface area contributed by atoms with Crippen molar-refractivity contribution in [2.75, 3.05) is 0 Å². The van der Waals surface area contributed by atoms with Crippen LogP contribution in [0.1, 0.15) is 0 Å². The van der Waals surface area contributed by atoms with Crippen molar-refractivity contribution in [3.05, 3.63) is 58.8 Å². The zero-order chi connectivity index (χ0) is 14.3. The van der Waals surface area contributed by atoms with Gasteiger partial charge >= 0.3 is 0 Å². The summed E-state index contributed by atoms with van der Waals surface area (Å²) in [4.78, 5) is 19.4. The first-order valence-corrected chi connectivity index (χ1v) is 5.83. The van der Waals surface area contributed by atoms with Crippen LogP contribution in [-0.2, 0) is 7.05 Å². The average Bonchev–Trinajstić information content (AvgIpc) is 2.44. The fourth-order valence-electron chi connectivity index (χ4n) is 1.99. The molecule has 0 spiro atoms. The molecule has 0 fully saturated rings. The Morgan fingerprint density at radius 2 is 1.85 bits per heavy atom. The van der Waals surface area contributed by atoms with Crippen molar-refractivity contribution >= 4 is 10.8 Å². The monoisotopic (exact) mass is 273 g/mol. The number of halogens is 2.